The van der Waals surface area contributed by atoms with E-state index in [1.54, 1.807) is 6.07 Å². The lowest BCUT2D eigenvalue weighted by Crippen LogP contribution is -1.84. The van der Waals surface area contributed by atoms with Crippen LogP contribution in [-0.4, -0.2) is 15.2 Å². The number of halogens is 1. The summed E-state index contributed by atoms with van der Waals surface area (Å²) in [5.74, 6) is 0. The maximum absolute atomic E-state index is 8.79. The fraction of sp³-hybridized carbons (Fsp3) is 0.111. The maximum atomic E-state index is 8.79. The molecule has 16 heavy (non-hydrogen) atoms. The van der Waals surface area contributed by atoms with Gasteiger partial charge in [0.25, 0.3) is 0 Å². The van der Waals surface area contributed by atoms with Crippen LogP contribution < -0.4 is 0 Å². The Morgan fingerprint density at radius 1 is 1.44 bits per heavy atom. The first-order valence-corrected chi connectivity index (χ1v) is 6.24. The first-order chi connectivity index (χ1) is 7.67. The molecule has 0 aliphatic heterocycles. The minimum Gasteiger partial charge on any atom is -0.229 e. The van der Waals surface area contributed by atoms with Crippen LogP contribution in [0.4, 0.5) is 0 Å². The topological polar surface area (TPSA) is 62.5 Å². The van der Waals surface area contributed by atoms with Gasteiger partial charge >= 0.3 is 0 Å². The van der Waals surface area contributed by atoms with E-state index >= 15 is 0 Å². The van der Waals surface area contributed by atoms with Gasteiger partial charge in [-0.1, -0.05) is 22.9 Å². The lowest BCUT2D eigenvalue weighted by atomic mass is 10.3. The number of aromatic nitrogens is 3. The van der Waals surface area contributed by atoms with Gasteiger partial charge < -0.3 is 0 Å². The zero-order valence-corrected chi connectivity index (χ0v) is 10.5. The first-order valence-electron chi connectivity index (χ1n) is 4.23. The predicted molar refractivity (Wildman–Crippen MR) is 62.7 cm³/mol. The number of aryl methyl sites for hydroxylation is 1. The van der Waals surface area contributed by atoms with Crippen LogP contribution in [-0.2, 0) is 0 Å². The molecule has 2 aromatic heterocycles. The smallest absolute Gasteiger partial charge is 0.180 e. The third-order valence-electron chi connectivity index (χ3n) is 1.60. The molecule has 0 radical (unpaired) electrons. The standard InChI is InChI=1S/C9H5ClN4S2/c1-5-13-14-9(15-5)16-8-3-6(4-11)2-7(10)12-8/h2-3H,1H3. The normalized spacial score (nSPS) is 10.1. The minimum atomic E-state index is 0.308. The second-order valence-corrected chi connectivity index (χ2v) is 5.65. The highest BCUT2D eigenvalue weighted by Gasteiger charge is 2.06. The molecule has 0 N–H and O–H groups in total. The zero-order chi connectivity index (χ0) is 11.5. The highest BCUT2D eigenvalue weighted by Crippen LogP contribution is 2.29. The molecule has 7 heteroatoms. The van der Waals surface area contributed by atoms with Gasteiger partial charge in [-0.25, -0.2) is 4.98 Å². The quantitative estimate of drug-likeness (QED) is 0.784. The summed E-state index contributed by atoms with van der Waals surface area (Å²) in [6.45, 7) is 1.88. The van der Waals surface area contributed by atoms with E-state index in [9.17, 15) is 0 Å². The monoisotopic (exact) mass is 268 g/mol. The van der Waals surface area contributed by atoms with Crippen molar-refractivity contribution in [3.05, 3.63) is 27.9 Å². The van der Waals surface area contributed by atoms with Gasteiger partial charge in [-0.3, -0.25) is 0 Å². The lowest BCUT2D eigenvalue weighted by Gasteiger charge is -1.97. The fourth-order valence-electron chi connectivity index (χ4n) is 0.999. The summed E-state index contributed by atoms with van der Waals surface area (Å²) in [6, 6.07) is 5.23. The number of hydrogen-bond acceptors (Lipinski definition) is 6. The van der Waals surface area contributed by atoms with Gasteiger partial charge in [0.05, 0.1) is 11.6 Å². The van der Waals surface area contributed by atoms with Crippen molar-refractivity contribution in [1.29, 1.82) is 5.26 Å². The van der Waals surface area contributed by atoms with Gasteiger partial charge in [-0.15, -0.1) is 10.2 Å². The summed E-state index contributed by atoms with van der Waals surface area (Å²) in [6.07, 6.45) is 0. The van der Waals surface area contributed by atoms with E-state index in [1.165, 1.54) is 29.2 Å². The second-order valence-electron chi connectivity index (χ2n) is 2.82. The molecule has 2 rings (SSSR count). The van der Waals surface area contributed by atoms with Gasteiger partial charge in [-0.05, 0) is 30.8 Å². The Kier molecular flexibility index (Phi) is 3.39. The number of nitrogens with zero attached hydrogens (tertiary/aromatic N) is 4. The Labute approximate surface area is 105 Å². The highest BCUT2D eigenvalue weighted by molar-refractivity contribution is 8.01. The predicted octanol–water partition coefficient (Wildman–Crippen LogP) is 2.92. The van der Waals surface area contributed by atoms with Crippen LogP contribution >= 0.6 is 34.7 Å². The molecule has 0 atom stereocenters. The lowest BCUT2D eigenvalue weighted by molar-refractivity contribution is 0.980. The van der Waals surface area contributed by atoms with Gasteiger partial charge in [0.2, 0.25) is 0 Å². The van der Waals surface area contributed by atoms with Crippen molar-refractivity contribution >= 4 is 34.7 Å². The van der Waals surface area contributed by atoms with Crippen molar-refractivity contribution in [3.63, 3.8) is 0 Å². The van der Waals surface area contributed by atoms with E-state index in [4.69, 9.17) is 16.9 Å². The second kappa shape index (κ2) is 4.78. The number of rotatable bonds is 2. The molecule has 0 bridgehead atoms. The number of pyridine rings is 1. The molecule has 80 valence electrons. The molecule has 0 fully saturated rings. The molecule has 0 aromatic carbocycles. The van der Waals surface area contributed by atoms with Gasteiger partial charge in [-0.2, -0.15) is 5.26 Å². The molecular weight excluding hydrogens is 264 g/mol. The van der Waals surface area contributed by atoms with E-state index < -0.39 is 0 Å². The largest absolute Gasteiger partial charge is 0.229 e. The van der Waals surface area contributed by atoms with Crippen LogP contribution in [0, 0.1) is 18.3 Å². The summed E-state index contributed by atoms with van der Waals surface area (Å²) in [5, 5.41) is 18.5. The molecule has 2 heterocycles. The molecule has 0 saturated carbocycles. The Bertz CT molecular complexity index is 561. The average molecular weight is 269 g/mol. The van der Waals surface area contributed by atoms with Crippen molar-refractivity contribution in [3.8, 4) is 6.07 Å². The average Bonchev–Trinajstić information content (AvgIpc) is 2.63. The molecule has 0 unspecified atom stereocenters. The van der Waals surface area contributed by atoms with E-state index in [2.05, 4.69) is 15.2 Å². The molecule has 2 aromatic rings. The van der Waals surface area contributed by atoms with Crippen molar-refractivity contribution < 1.29 is 0 Å². The summed E-state index contributed by atoms with van der Waals surface area (Å²) in [7, 11) is 0. The highest BCUT2D eigenvalue weighted by atomic mass is 35.5. The van der Waals surface area contributed by atoms with Crippen LogP contribution in [0.25, 0.3) is 0 Å². The summed E-state index contributed by atoms with van der Waals surface area (Å²) < 4.78 is 0.788. The summed E-state index contributed by atoms with van der Waals surface area (Å²) in [5.41, 5.74) is 0.490. The van der Waals surface area contributed by atoms with Crippen LogP contribution in [0.5, 0.6) is 0 Å². The van der Waals surface area contributed by atoms with Crippen molar-refractivity contribution in [1.82, 2.24) is 15.2 Å². The minimum absolute atomic E-state index is 0.308. The molecule has 0 amide bonds. The van der Waals surface area contributed by atoms with Crippen LogP contribution in [0.2, 0.25) is 5.15 Å². The van der Waals surface area contributed by atoms with Crippen LogP contribution in [0.15, 0.2) is 21.5 Å². The van der Waals surface area contributed by atoms with Gasteiger partial charge in [0, 0.05) is 0 Å². The molecule has 0 aliphatic rings. The number of nitriles is 1. The van der Waals surface area contributed by atoms with E-state index in [0.717, 1.165) is 9.35 Å². The number of hydrogen-bond donors (Lipinski definition) is 0. The van der Waals surface area contributed by atoms with Crippen LogP contribution in [0.3, 0.4) is 0 Å². The zero-order valence-electron chi connectivity index (χ0n) is 8.14. The summed E-state index contributed by atoms with van der Waals surface area (Å²) >= 11 is 8.62. The Balaban J connectivity index is 2.28. The van der Waals surface area contributed by atoms with Crippen molar-refractivity contribution in [2.45, 2.75) is 16.3 Å². The van der Waals surface area contributed by atoms with E-state index in [0.29, 0.717) is 15.7 Å². The van der Waals surface area contributed by atoms with E-state index in [-0.39, 0.29) is 0 Å². The third kappa shape index (κ3) is 2.70. The molecule has 0 saturated heterocycles. The molecule has 4 nitrogen and oxygen atoms in total. The first kappa shape index (κ1) is 11.3. The molecular formula is C9H5ClN4S2. The Hall–Kier alpha value is -1.16. The third-order valence-corrected chi connectivity index (χ3v) is 3.60. The molecule has 0 spiro atoms. The SMILES string of the molecule is Cc1nnc(Sc2cc(C#N)cc(Cl)n2)s1. The van der Waals surface area contributed by atoms with E-state index in [1.807, 2.05) is 13.0 Å². The maximum Gasteiger partial charge on any atom is 0.180 e. The fourth-order valence-corrected chi connectivity index (χ4v) is 3.05. The Morgan fingerprint density at radius 3 is 2.88 bits per heavy atom. The summed E-state index contributed by atoms with van der Waals surface area (Å²) in [4.78, 5) is 4.10. The van der Waals surface area contributed by atoms with Gasteiger partial charge in [0.1, 0.15) is 15.2 Å². The van der Waals surface area contributed by atoms with Crippen molar-refractivity contribution in [2.75, 3.05) is 0 Å². The Morgan fingerprint density at radius 2 is 2.25 bits per heavy atom. The molecule has 0 aliphatic carbocycles. The van der Waals surface area contributed by atoms with Crippen LogP contribution in [0.1, 0.15) is 10.6 Å². The van der Waals surface area contributed by atoms with Gasteiger partial charge in [0.15, 0.2) is 4.34 Å². The van der Waals surface area contributed by atoms with Crippen molar-refractivity contribution in [2.24, 2.45) is 0 Å².